The molecule has 1 heterocycles. The van der Waals surface area contributed by atoms with E-state index in [1.807, 2.05) is 62.4 Å². The minimum absolute atomic E-state index is 0.104. The molecule has 2 aromatic carbocycles. The maximum Gasteiger partial charge on any atom is 0.272 e. The van der Waals surface area contributed by atoms with Crippen LogP contribution in [0.15, 0.2) is 48.5 Å². The number of hydrogen-bond donors (Lipinski definition) is 2. The van der Waals surface area contributed by atoms with Crippen LogP contribution in [0.3, 0.4) is 0 Å². The van der Waals surface area contributed by atoms with Gasteiger partial charge in [0.05, 0.1) is 0 Å². The lowest BCUT2D eigenvalue weighted by Crippen LogP contribution is -2.14. The highest BCUT2D eigenvalue weighted by Gasteiger charge is 2.14. The normalized spacial score (nSPS) is 10.7. The van der Waals surface area contributed by atoms with E-state index in [-0.39, 0.29) is 5.91 Å². The minimum Gasteiger partial charge on any atom is -0.350 e. The van der Waals surface area contributed by atoms with E-state index in [2.05, 4.69) is 10.3 Å². The van der Waals surface area contributed by atoms with Crippen LogP contribution in [-0.4, -0.2) is 10.9 Å². The van der Waals surface area contributed by atoms with Crippen LogP contribution in [0.25, 0.3) is 10.9 Å². The number of carbonyl (C=O) groups excluding carboxylic acids is 1. The molecular weight excluding hydrogens is 248 g/mol. The van der Waals surface area contributed by atoms with Crippen LogP contribution in [0.5, 0.6) is 0 Å². The van der Waals surface area contributed by atoms with Gasteiger partial charge in [-0.3, -0.25) is 4.79 Å². The molecule has 0 spiro atoms. The molecule has 3 nitrogen and oxygen atoms in total. The zero-order chi connectivity index (χ0) is 14.1. The van der Waals surface area contributed by atoms with Gasteiger partial charge in [-0.15, -0.1) is 0 Å². The second-order valence-corrected chi connectivity index (χ2v) is 4.94. The number of aromatic nitrogens is 1. The zero-order valence-corrected chi connectivity index (χ0v) is 11.5. The van der Waals surface area contributed by atoms with Crippen molar-refractivity contribution in [3.8, 4) is 0 Å². The molecule has 0 atom stereocenters. The van der Waals surface area contributed by atoms with Crippen molar-refractivity contribution < 1.29 is 4.79 Å². The third-order valence-electron chi connectivity index (χ3n) is 3.59. The van der Waals surface area contributed by atoms with Gasteiger partial charge in [-0.25, -0.2) is 0 Å². The molecule has 1 amide bonds. The summed E-state index contributed by atoms with van der Waals surface area (Å²) in [6.45, 7) is 3.94. The Kier molecular flexibility index (Phi) is 3.03. The first kappa shape index (κ1) is 12.5. The first-order valence-electron chi connectivity index (χ1n) is 6.61. The predicted octanol–water partition coefficient (Wildman–Crippen LogP) is 4.04. The molecule has 0 radical (unpaired) electrons. The number of H-pyrrole nitrogens is 1. The fourth-order valence-electron chi connectivity index (χ4n) is 2.41. The molecule has 0 aliphatic rings. The first-order valence-corrected chi connectivity index (χ1v) is 6.61. The lowest BCUT2D eigenvalue weighted by molar-refractivity contribution is 0.102. The van der Waals surface area contributed by atoms with E-state index in [1.54, 1.807) is 0 Å². The number of aryl methyl sites for hydroxylation is 2. The van der Waals surface area contributed by atoms with Crippen molar-refractivity contribution in [2.45, 2.75) is 13.8 Å². The maximum absolute atomic E-state index is 12.4. The van der Waals surface area contributed by atoms with Crippen molar-refractivity contribution in [3.63, 3.8) is 0 Å². The summed E-state index contributed by atoms with van der Waals surface area (Å²) < 4.78 is 0. The smallest absolute Gasteiger partial charge is 0.272 e. The summed E-state index contributed by atoms with van der Waals surface area (Å²) in [6, 6.07) is 15.7. The number of carbonyl (C=O) groups is 1. The molecule has 0 unspecified atom stereocenters. The van der Waals surface area contributed by atoms with E-state index >= 15 is 0 Å². The van der Waals surface area contributed by atoms with Crippen LogP contribution >= 0.6 is 0 Å². The summed E-state index contributed by atoms with van der Waals surface area (Å²) in [5.74, 6) is -0.104. The molecule has 2 N–H and O–H groups in total. The fourth-order valence-corrected chi connectivity index (χ4v) is 2.41. The summed E-state index contributed by atoms with van der Waals surface area (Å²) in [7, 11) is 0. The van der Waals surface area contributed by atoms with Gasteiger partial charge >= 0.3 is 0 Å². The molecule has 3 rings (SSSR count). The Balaban J connectivity index is 1.97. The van der Waals surface area contributed by atoms with Crippen LogP contribution in [-0.2, 0) is 0 Å². The minimum atomic E-state index is -0.104. The highest BCUT2D eigenvalue weighted by atomic mass is 16.1. The monoisotopic (exact) mass is 264 g/mol. The van der Waals surface area contributed by atoms with Crippen molar-refractivity contribution in [3.05, 3.63) is 65.4 Å². The fraction of sp³-hybridized carbons (Fsp3) is 0.118. The molecule has 0 fully saturated rings. The Morgan fingerprint density at radius 1 is 1.00 bits per heavy atom. The second kappa shape index (κ2) is 4.85. The van der Waals surface area contributed by atoms with Crippen molar-refractivity contribution in [1.82, 2.24) is 4.98 Å². The molecule has 1 aromatic heterocycles. The molecule has 3 heteroatoms. The summed E-state index contributed by atoms with van der Waals surface area (Å²) in [6.07, 6.45) is 0. The third kappa shape index (κ3) is 2.07. The largest absolute Gasteiger partial charge is 0.350 e. The third-order valence-corrected chi connectivity index (χ3v) is 3.59. The number of aromatic amines is 1. The highest BCUT2D eigenvalue weighted by molar-refractivity contribution is 6.08. The number of benzene rings is 2. The quantitative estimate of drug-likeness (QED) is 0.721. The molecule has 100 valence electrons. The summed E-state index contributed by atoms with van der Waals surface area (Å²) in [4.78, 5) is 15.6. The molecule has 3 aromatic rings. The average molecular weight is 264 g/mol. The number of anilines is 1. The Morgan fingerprint density at radius 3 is 2.45 bits per heavy atom. The first-order chi connectivity index (χ1) is 9.66. The van der Waals surface area contributed by atoms with Crippen molar-refractivity contribution in [2.24, 2.45) is 0 Å². The molecule has 0 saturated carbocycles. The van der Waals surface area contributed by atoms with Gasteiger partial charge in [0.25, 0.3) is 5.91 Å². The van der Waals surface area contributed by atoms with E-state index in [9.17, 15) is 4.79 Å². The van der Waals surface area contributed by atoms with Gasteiger partial charge in [-0.05, 0) is 37.1 Å². The zero-order valence-electron chi connectivity index (χ0n) is 11.5. The van der Waals surface area contributed by atoms with Crippen molar-refractivity contribution in [2.75, 3.05) is 5.32 Å². The molecular formula is C17H16N2O. The van der Waals surface area contributed by atoms with Crippen LogP contribution in [0, 0.1) is 13.8 Å². The lowest BCUT2D eigenvalue weighted by atomic mass is 10.1. The van der Waals surface area contributed by atoms with Gasteiger partial charge in [0, 0.05) is 16.6 Å². The molecule has 0 aliphatic carbocycles. The van der Waals surface area contributed by atoms with Crippen LogP contribution in [0.1, 0.15) is 21.6 Å². The SMILES string of the molecule is Cc1ccccc1NC(=O)c1[nH]c2ccccc2c1C. The van der Waals surface area contributed by atoms with Gasteiger partial charge < -0.3 is 10.3 Å². The number of nitrogens with one attached hydrogen (secondary N) is 2. The van der Waals surface area contributed by atoms with Crippen molar-refractivity contribution in [1.29, 1.82) is 0 Å². The Morgan fingerprint density at radius 2 is 1.70 bits per heavy atom. The van der Waals surface area contributed by atoms with E-state index in [0.717, 1.165) is 27.7 Å². The van der Waals surface area contributed by atoms with Crippen LogP contribution in [0.4, 0.5) is 5.69 Å². The summed E-state index contributed by atoms with van der Waals surface area (Å²) in [5.41, 5.74) is 4.48. The number of rotatable bonds is 2. The van der Waals surface area contributed by atoms with E-state index in [0.29, 0.717) is 5.69 Å². The Labute approximate surface area is 117 Å². The summed E-state index contributed by atoms with van der Waals surface area (Å²) >= 11 is 0. The van der Waals surface area contributed by atoms with Crippen LogP contribution in [0.2, 0.25) is 0 Å². The number of amides is 1. The molecule has 0 bridgehead atoms. The standard InChI is InChI=1S/C17H16N2O/c1-11-7-3-5-9-14(11)19-17(20)16-12(2)13-8-4-6-10-15(13)18-16/h3-10,18H,1-2H3,(H,19,20). The average Bonchev–Trinajstić information content (AvgIpc) is 2.79. The van der Waals surface area contributed by atoms with Gasteiger partial charge in [0.15, 0.2) is 0 Å². The summed E-state index contributed by atoms with van der Waals surface area (Å²) in [5, 5.41) is 4.04. The van der Waals surface area contributed by atoms with Gasteiger partial charge in [0.1, 0.15) is 5.69 Å². The maximum atomic E-state index is 12.4. The van der Waals surface area contributed by atoms with E-state index in [4.69, 9.17) is 0 Å². The van der Waals surface area contributed by atoms with Crippen LogP contribution < -0.4 is 5.32 Å². The van der Waals surface area contributed by atoms with E-state index in [1.165, 1.54) is 0 Å². The van der Waals surface area contributed by atoms with Gasteiger partial charge in [-0.2, -0.15) is 0 Å². The highest BCUT2D eigenvalue weighted by Crippen LogP contribution is 2.22. The van der Waals surface area contributed by atoms with Gasteiger partial charge in [0.2, 0.25) is 0 Å². The topological polar surface area (TPSA) is 44.9 Å². The second-order valence-electron chi connectivity index (χ2n) is 4.94. The number of hydrogen-bond acceptors (Lipinski definition) is 1. The Hall–Kier alpha value is -2.55. The Bertz CT molecular complexity index is 787. The number of para-hydroxylation sites is 2. The molecule has 0 saturated heterocycles. The number of fused-ring (bicyclic) bond motifs is 1. The van der Waals surface area contributed by atoms with E-state index < -0.39 is 0 Å². The van der Waals surface area contributed by atoms with Gasteiger partial charge in [-0.1, -0.05) is 36.4 Å². The lowest BCUT2D eigenvalue weighted by Gasteiger charge is -2.07. The van der Waals surface area contributed by atoms with Crippen molar-refractivity contribution >= 4 is 22.5 Å². The molecule has 20 heavy (non-hydrogen) atoms. The predicted molar refractivity (Wildman–Crippen MR) is 82.2 cm³/mol. The molecule has 0 aliphatic heterocycles.